The Labute approximate surface area is 153 Å². The van der Waals surface area contributed by atoms with Crippen LogP contribution < -0.4 is 0 Å². The Morgan fingerprint density at radius 1 is 0.963 bits per heavy atom. The lowest BCUT2D eigenvalue weighted by Gasteiger charge is -2.27. The number of carbonyl (C=O) groups excluding carboxylic acids is 1. The van der Waals surface area contributed by atoms with Crippen molar-refractivity contribution < 1.29 is 18.0 Å². The van der Waals surface area contributed by atoms with Crippen molar-refractivity contribution in [2.45, 2.75) is 19.3 Å². The normalized spacial score (nSPS) is 14.3. The first-order valence-corrected chi connectivity index (χ1v) is 8.50. The smallest absolute Gasteiger partial charge is 0.331 e. The molecule has 0 fully saturated rings. The van der Waals surface area contributed by atoms with Crippen LogP contribution >= 0.6 is 0 Å². The van der Waals surface area contributed by atoms with Crippen molar-refractivity contribution in [1.29, 1.82) is 0 Å². The minimum absolute atomic E-state index is 0.171. The van der Waals surface area contributed by atoms with Crippen LogP contribution in [0.2, 0.25) is 0 Å². The van der Waals surface area contributed by atoms with E-state index >= 15 is 0 Å². The van der Waals surface area contributed by atoms with Crippen LogP contribution in [0.4, 0.5) is 13.2 Å². The molecule has 1 aliphatic rings. The minimum Gasteiger partial charge on any atom is -0.331 e. The van der Waals surface area contributed by atoms with E-state index in [0.717, 1.165) is 17.7 Å². The highest BCUT2D eigenvalue weighted by atomic mass is 19.4. The molecule has 1 aliphatic heterocycles. The number of hydrogen-bond donors (Lipinski definition) is 0. The van der Waals surface area contributed by atoms with Gasteiger partial charge in [0.25, 0.3) is 5.91 Å². The lowest BCUT2D eigenvalue weighted by molar-refractivity contribution is -0.137. The van der Waals surface area contributed by atoms with Gasteiger partial charge in [0, 0.05) is 18.7 Å². The van der Waals surface area contributed by atoms with Crippen LogP contribution in [0.3, 0.4) is 0 Å². The SMILES string of the molecule is O=C1c2cc(-c3cccc(C(F)(F)F)c3)nn2CCN1Cc1ccccc1. The second kappa shape index (κ2) is 6.57. The summed E-state index contributed by atoms with van der Waals surface area (Å²) in [5.41, 5.74) is 1.39. The van der Waals surface area contributed by atoms with Gasteiger partial charge in [0.1, 0.15) is 5.69 Å². The molecule has 0 saturated carbocycles. The number of carbonyl (C=O) groups is 1. The molecular weight excluding hydrogens is 355 g/mol. The molecule has 0 unspecified atom stereocenters. The van der Waals surface area contributed by atoms with Gasteiger partial charge in [-0.3, -0.25) is 9.48 Å². The fourth-order valence-electron chi connectivity index (χ4n) is 3.19. The standard InChI is InChI=1S/C20H16F3N3O/c21-20(22,23)16-8-4-7-15(11-16)17-12-18-19(27)25(9-10-26(18)24-17)13-14-5-2-1-3-6-14/h1-8,11-12H,9-10,13H2. The van der Waals surface area contributed by atoms with Crippen LogP contribution in [0.15, 0.2) is 60.7 Å². The Morgan fingerprint density at radius 3 is 2.48 bits per heavy atom. The van der Waals surface area contributed by atoms with E-state index in [2.05, 4.69) is 5.10 Å². The molecule has 0 atom stereocenters. The van der Waals surface area contributed by atoms with Gasteiger partial charge in [-0.2, -0.15) is 18.3 Å². The molecular formula is C20H16F3N3O. The van der Waals surface area contributed by atoms with Crippen LogP contribution in [0.1, 0.15) is 21.6 Å². The van der Waals surface area contributed by atoms with Crippen LogP contribution in [-0.2, 0) is 19.3 Å². The third kappa shape index (κ3) is 3.45. The van der Waals surface area contributed by atoms with Crippen LogP contribution in [0.5, 0.6) is 0 Å². The fourth-order valence-corrected chi connectivity index (χ4v) is 3.19. The van der Waals surface area contributed by atoms with E-state index < -0.39 is 11.7 Å². The van der Waals surface area contributed by atoms with Crippen molar-refractivity contribution >= 4 is 5.91 Å². The highest BCUT2D eigenvalue weighted by Gasteiger charge is 2.31. The molecule has 27 heavy (non-hydrogen) atoms. The van der Waals surface area contributed by atoms with Gasteiger partial charge in [-0.1, -0.05) is 42.5 Å². The summed E-state index contributed by atoms with van der Waals surface area (Å²) in [7, 11) is 0. The molecule has 0 N–H and O–H groups in total. The molecule has 1 aromatic heterocycles. The third-order valence-corrected chi connectivity index (χ3v) is 4.57. The first-order chi connectivity index (χ1) is 12.9. The molecule has 0 spiro atoms. The number of rotatable bonds is 3. The van der Waals surface area contributed by atoms with E-state index in [1.165, 1.54) is 6.07 Å². The van der Waals surface area contributed by atoms with E-state index in [4.69, 9.17) is 0 Å². The maximum absolute atomic E-state index is 12.9. The van der Waals surface area contributed by atoms with E-state index in [0.29, 0.717) is 36.6 Å². The summed E-state index contributed by atoms with van der Waals surface area (Å²) >= 11 is 0. The summed E-state index contributed by atoms with van der Waals surface area (Å²) in [6, 6.07) is 16.2. The Morgan fingerprint density at radius 2 is 1.74 bits per heavy atom. The third-order valence-electron chi connectivity index (χ3n) is 4.57. The summed E-state index contributed by atoms with van der Waals surface area (Å²) in [4.78, 5) is 14.5. The van der Waals surface area contributed by atoms with Crippen LogP contribution in [0.25, 0.3) is 11.3 Å². The van der Waals surface area contributed by atoms with Gasteiger partial charge < -0.3 is 4.90 Å². The summed E-state index contributed by atoms with van der Waals surface area (Å²) < 4.78 is 40.4. The van der Waals surface area contributed by atoms with Crippen LogP contribution in [0, 0.1) is 0 Å². The molecule has 2 heterocycles. The monoisotopic (exact) mass is 371 g/mol. The van der Waals surface area contributed by atoms with Crippen molar-refractivity contribution in [2.24, 2.45) is 0 Å². The van der Waals surface area contributed by atoms with Crippen molar-refractivity contribution in [1.82, 2.24) is 14.7 Å². The number of alkyl halides is 3. The predicted molar refractivity (Wildman–Crippen MR) is 93.8 cm³/mol. The van der Waals surface area contributed by atoms with Crippen molar-refractivity contribution in [2.75, 3.05) is 6.54 Å². The number of benzene rings is 2. The first kappa shape index (κ1) is 17.3. The molecule has 4 nitrogen and oxygen atoms in total. The van der Waals surface area contributed by atoms with Gasteiger partial charge >= 0.3 is 6.18 Å². The number of halogens is 3. The van der Waals surface area contributed by atoms with Gasteiger partial charge in [0.2, 0.25) is 0 Å². The minimum atomic E-state index is -4.42. The lowest BCUT2D eigenvalue weighted by atomic mass is 10.1. The van der Waals surface area contributed by atoms with E-state index in [1.54, 1.807) is 21.7 Å². The molecule has 0 radical (unpaired) electrons. The second-order valence-electron chi connectivity index (χ2n) is 6.43. The predicted octanol–water partition coefficient (Wildman–Crippen LogP) is 4.22. The zero-order valence-corrected chi connectivity index (χ0v) is 14.3. The summed E-state index contributed by atoms with van der Waals surface area (Å²) in [5.74, 6) is -0.171. The molecule has 3 aromatic rings. The Kier molecular flexibility index (Phi) is 4.22. The van der Waals surface area contributed by atoms with Gasteiger partial charge in [-0.15, -0.1) is 0 Å². The Bertz CT molecular complexity index is 980. The fraction of sp³-hybridized carbons (Fsp3) is 0.200. The van der Waals surface area contributed by atoms with Gasteiger partial charge in [-0.05, 0) is 23.8 Å². The molecule has 4 rings (SSSR count). The first-order valence-electron chi connectivity index (χ1n) is 8.50. The number of hydrogen-bond acceptors (Lipinski definition) is 2. The highest BCUT2D eigenvalue weighted by molar-refractivity contribution is 5.94. The molecule has 0 saturated heterocycles. The quantitative estimate of drug-likeness (QED) is 0.691. The Balaban J connectivity index is 1.61. The molecule has 1 amide bonds. The Hall–Kier alpha value is -3.09. The van der Waals surface area contributed by atoms with E-state index in [-0.39, 0.29) is 5.91 Å². The second-order valence-corrected chi connectivity index (χ2v) is 6.43. The number of fused-ring (bicyclic) bond motifs is 1. The number of amides is 1. The summed E-state index contributed by atoms with van der Waals surface area (Å²) in [6.07, 6.45) is -4.42. The van der Waals surface area contributed by atoms with Crippen molar-refractivity contribution in [3.05, 3.63) is 77.5 Å². The van der Waals surface area contributed by atoms with Gasteiger partial charge in [-0.25, -0.2) is 0 Å². The van der Waals surface area contributed by atoms with Crippen molar-refractivity contribution in [3.63, 3.8) is 0 Å². The summed E-state index contributed by atoms with van der Waals surface area (Å²) in [6.45, 7) is 1.50. The average molecular weight is 371 g/mol. The lowest BCUT2D eigenvalue weighted by Crippen LogP contribution is -2.39. The highest BCUT2D eigenvalue weighted by Crippen LogP contribution is 2.32. The zero-order valence-electron chi connectivity index (χ0n) is 14.3. The van der Waals surface area contributed by atoms with E-state index in [9.17, 15) is 18.0 Å². The number of nitrogens with zero attached hydrogens (tertiary/aromatic N) is 3. The molecule has 7 heteroatoms. The van der Waals surface area contributed by atoms with Crippen molar-refractivity contribution in [3.8, 4) is 11.3 Å². The molecule has 0 bridgehead atoms. The van der Waals surface area contributed by atoms with Crippen LogP contribution in [-0.4, -0.2) is 27.1 Å². The average Bonchev–Trinajstić information content (AvgIpc) is 3.10. The maximum atomic E-state index is 12.9. The zero-order chi connectivity index (χ0) is 19.0. The maximum Gasteiger partial charge on any atom is 0.416 e. The van der Waals surface area contributed by atoms with Gasteiger partial charge in [0.15, 0.2) is 0 Å². The molecule has 138 valence electrons. The number of aromatic nitrogens is 2. The molecule has 2 aromatic carbocycles. The molecule has 0 aliphatic carbocycles. The summed E-state index contributed by atoms with van der Waals surface area (Å²) in [5, 5.41) is 4.34. The van der Waals surface area contributed by atoms with Gasteiger partial charge in [0.05, 0.1) is 17.8 Å². The largest absolute Gasteiger partial charge is 0.416 e. The topological polar surface area (TPSA) is 38.1 Å². The van der Waals surface area contributed by atoms with E-state index in [1.807, 2.05) is 30.3 Å².